The number of rotatable bonds is 1. The number of hydrogen-bond acceptors (Lipinski definition) is 2. The van der Waals surface area contributed by atoms with Gasteiger partial charge in [-0.25, -0.2) is 4.39 Å². The Balaban J connectivity index is 2.22. The summed E-state index contributed by atoms with van der Waals surface area (Å²) in [6, 6.07) is 7.01. The average molecular weight is 195 g/mol. The predicted molar refractivity (Wildman–Crippen MR) is 53.0 cm³/mol. The van der Waals surface area contributed by atoms with Crippen LogP contribution < -0.4 is 5.32 Å². The van der Waals surface area contributed by atoms with E-state index < -0.39 is 5.67 Å². The highest BCUT2D eigenvalue weighted by molar-refractivity contribution is 5.35. The summed E-state index contributed by atoms with van der Waals surface area (Å²) < 4.78 is 13.5. The highest BCUT2D eigenvalue weighted by atomic mass is 19.1. The summed E-state index contributed by atoms with van der Waals surface area (Å²) in [5.41, 5.74) is -0.374. The summed E-state index contributed by atoms with van der Waals surface area (Å²) in [6.07, 6.45) is 0.421. The third-order valence-electron chi connectivity index (χ3n) is 2.66. The minimum Gasteiger partial charge on any atom is -0.508 e. The molecular weight excluding hydrogens is 181 g/mol. The van der Waals surface area contributed by atoms with Crippen LogP contribution >= 0.6 is 0 Å². The number of hydrogen-bond donors (Lipinski definition) is 2. The van der Waals surface area contributed by atoms with E-state index in [0.717, 1.165) is 5.56 Å². The molecule has 0 saturated carbocycles. The SMILES string of the molecule is CC1(F)CNC(c2ccccc2O)C1. The molecule has 76 valence electrons. The Kier molecular flexibility index (Phi) is 2.19. The molecule has 2 atom stereocenters. The number of benzene rings is 1. The molecule has 1 aromatic rings. The van der Waals surface area contributed by atoms with E-state index in [9.17, 15) is 9.50 Å². The maximum Gasteiger partial charge on any atom is 0.122 e. The molecule has 1 saturated heterocycles. The first-order valence-corrected chi connectivity index (χ1v) is 4.79. The van der Waals surface area contributed by atoms with Gasteiger partial charge in [0.2, 0.25) is 0 Å². The lowest BCUT2D eigenvalue weighted by molar-refractivity contribution is 0.213. The lowest BCUT2D eigenvalue weighted by atomic mass is 9.99. The zero-order valence-corrected chi connectivity index (χ0v) is 8.13. The summed E-state index contributed by atoms with van der Waals surface area (Å²) in [6.45, 7) is 1.94. The lowest BCUT2D eigenvalue weighted by Gasteiger charge is -2.13. The summed E-state index contributed by atoms with van der Waals surface area (Å²) >= 11 is 0. The van der Waals surface area contributed by atoms with E-state index >= 15 is 0 Å². The maximum atomic E-state index is 13.5. The van der Waals surface area contributed by atoms with Gasteiger partial charge in [0.1, 0.15) is 11.4 Å². The van der Waals surface area contributed by atoms with Gasteiger partial charge in [-0.05, 0) is 13.0 Å². The van der Waals surface area contributed by atoms with Gasteiger partial charge in [0.05, 0.1) is 0 Å². The molecule has 1 aliphatic heterocycles. The molecule has 1 aromatic carbocycles. The first-order chi connectivity index (χ1) is 6.58. The van der Waals surface area contributed by atoms with E-state index in [1.807, 2.05) is 12.1 Å². The molecule has 0 aromatic heterocycles. The number of nitrogens with one attached hydrogen (secondary N) is 1. The quantitative estimate of drug-likeness (QED) is 0.719. The van der Waals surface area contributed by atoms with Crippen molar-refractivity contribution in [2.24, 2.45) is 0 Å². The van der Waals surface area contributed by atoms with Crippen molar-refractivity contribution in [3.8, 4) is 5.75 Å². The molecule has 1 fully saturated rings. The Labute approximate surface area is 82.8 Å². The molecule has 0 amide bonds. The average Bonchev–Trinajstić information content (AvgIpc) is 2.47. The summed E-state index contributed by atoms with van der Waals surface area (Å²) in [7, 11) is 0. The van der Waals surface area contributed by atoms with Crippen molar-refractivity contribution >= 4 is 0 Å². The number of para-hydroxylation sites is 1. The molecule has 2 nitrogen and oxygen atoms in total. The summed E-state index contributed by atoms with van der Waals surface area (Å²) in [4.78, 5) is 0. The minimum absolute atomic E-state index is 0.0637. The molecule has 2 unspecified atom stereocenters. The number of aromatic hydroxyl groups is 1. The first kappa shape index (κ1) is 9.46. The molecule has 1 aliphatic rings. The van der Waals surface area contributed by atoms with E-state index in [4.69, 9.17) is 0 Å². The van der Waals surface area contributed by atoms with Crippen molar-refractivity contribution in [3.05, 3.63) is 29.8 Å². The van der Waals surface area contributed by atoms with Crippen LogP contribution in [-0.2, 0) is 0 Å². The topological polar surface area (TPSA) is 32.3 Å². The van der Waals surface area contributed by atoms with Crippen molar-refractivity contribution in [2.45, 2.75) is 25.1 Å². The van der Waals surface area contributed by atoms with Crippen LogP contribution in [-0.4, -0.2) is 17.3 Å². The molecule has 2 N–H and O–H groups in total. The number of phenols is 1. The summed E-state index contributed by atoms with van der Waals surface area (Å²) in [5.74, 6) is 0.239. The molecule has 3 heteroatoms. The van der Waals surface area contributed by atoms with Crippen LogP contribution in [0.4, 0.5) is 4.39 Å². The second-order valence-electron chi connectivity index (χ2n) is 4.11. The van der Waals surface area contributed by atoms with E-state index in [0.29, 0.717) is 13.0 Å². The molecule has 0 aliphatic carbocycles. The lowest BCUT2D eigenvalue weighted by Crippen LogP contribution is -2.20. The Bertz CT molecular complexity index is 338. The number of phenolic OH excluding ortho intramolecular Hbond substituents is 1. The molecule has 14 heavy (non-hydrogen) atoms. The molecule has 0 radical (unpaired) electrons. The van der Waals surface area contributed by atoms with Gasteiger partial charge in [-0.15, -0.1) is 0 Å². The van der Waals surface area contributed by atoms with Crippen molar-refractivity contribution in [1.82, 2.24) is 5.32 Å². The van der Waals surface area contributed by atoms with Crippen LogP contribution in [0.2, 0.25) is 0 Å². The summed E-state index contributed by atoms with van der Waals surface area (Å²) in [5, 5.41) is 12.6. The number of halogens is 1. The Morgan fingerprint density at radius 2 is 2.21 bits per heavy atom. The molecule has 0 spiro atoms. The van der Waals surface area contributed by atoms with E-state index in [2.05, 4.69) is 5.32 Å². The molecule has 1 heterocycles. The molecule has 0 bridgehead atoms. The van der Waals surface area contributed by atoms with Gasteiger partial charge in [0.15, 0.2) is 0 Å². The second kappa shape index (κ2) is 3.24. The fourth-order valence-corrected chi connectivity index (χ4v) is 1.91. The van der Waals surface area contributed by atoms with Gasteiger partial charge in [0.25, 0.3) is 0 Å². The van der Waals surface area contributed by atoms with E-state index in [1.54, 1.807) is 19.1 Å². The largest absolute Gasteiger partial charge is 0.508 e. The zero-order valence-electron chi connectivity index (χ0n) is 8.13. The fraction of sp³-hybridized carbons (Fsp3) is 0.455. The smallest absolute Gasteiger partial charge is 0.122 e. The fourth-order valence-electron chi connectivity index (χ4n) is 1.91. The highest BCUT2D eigenvalue weighted by Crippen LogP contribution is 2.35. The van der Waals surface area contributed by atoms with Crippen molar-refractivity contribution in [3.63, 3.8) is 0 Å². The van der Waals surface area contributed by atoms with Crippen LogP contribution in [0.5, 0.6) is 5.75 Å². The van der Waals surface area contributed by atoms with Crippen molar-refractivity contribution in [1.29, 1.82) is 0 Å². The predicted octanol–water partition coefficient (Wildman–Crippen LogP) is 2.15. The normalized spacial score (nSPS) is 32.0. The van der Waals surface area contributed by atoms with Gasteiger partial charge >= 0.3 is 0 Å². The highest BCUT2D eigenvalue weighted by Gasteiger charge is 2.36. The standard InChI is InChI=1S/C11H14FNO/c1-11(12)6-9(13-7-11)8-4-2-3-5-10(8)14/h2-5,9,13-14H,6-7H2,1H3. The van der Waals surface area contributed by atoms with Crippen molar-refractivity contribution < 1.29 is 9.50 Å². The molecular formula is C11H14FNO. The second-order valence-corrected chi connectivity index (χ2v) is 4.11. The zero-order chi connectivity index (χ0) is 10.2. The van der Waals surface area contributed by atoms with Gasteiger partial charge in [-0.3, -0.25) is 0 Å². The monoisotopic (exact) mass is 195 g/mol. The third kappa shape index (κ3) is 1.73. The van der Waals surface area contributed by atoms with E-state index in [1.165, 1.54) is 0 Å². The van der Waals surface area contributed by atoms with Gasteiger partial charge in [-0.2, -0.15) is 0 Å². The van der Waals surface area contributed by atoms with Gasteiger partial charge in [-0.1, -0.05) is 18.2 Å². The minimum atomic E-state index is -1.16. The van der Waals surface area contributed by atoms with Crippen LogP contribution in [0.15, 0.2) is 24.3 Å². The van der Waals surface area contributed by atoms with Crippen molar-refractivity contribution in [2.75, 3.05) is 6.54 Å². The Morgan fingerprint density at radius 3 is 2.79 bits per heavy atom. The third-order valence-corrected chi connectivity index (χ3v) is 2.66. The van der Waals surface area contributed by atoms with E-state index in [-0.39, 0.29) is 11.8 Å². The molecule has 2 rings (SSSR count). The first-order valence-electron chi connectivity index (χ1n) is 4.79. The van der Waals surface area contributed by atoms with Crippen LogP contribution in [0, 0.1) is 0 Å². The van der Waals surface area contributed by atoms with Crippen LogP contribution in [0.3, 0.4) is 0 Å². The van der Waals surface area contributed by atoms with Crippen LogP contribution in [0.1, 0.15) is 24.9 Å². The maximum absolute atomic E-state index is 13.5. The van der Waals surface area contributed by atoms with Gasteiger partial charge in [0, 0.05) is 24.6 Å². The van der Waals surface area contributed by atoms with Crippen LogP contribution in [0.25, 0.3) is 0 Å². The number of alkyl halides is 1. The Hall–Kier alpha value is -1.09. The van der Waals surface area contributed by atoms with Gasteiger partial charge < -0.3 is 10.4 Å². The Morgan fingerprint density at radius 1 is 1.50 bits per heavy atom.